The standard InChI is InChI=1S/C31H42N7O9P/c1-17(2)22(27(40)44-15-30(3,4)5)37-48(42,47-20-12-8-11-19-18(20)10-9-13-33-19)45-14-21-24(39)31(6,41)28(46-21)38-16-34-23-25(38)35-29(32)36-26(23)43-7/h8-13,16-17,21-22,24,28,39,41H,14-15H2,1-7H3,(H,37,42)(H2,32,35,36). The van der Waals surface area contributed by atoms with Crippen molar-refractivity contribution in [1.82, 2.24) is 29.6 Å². The molecule has 5 N–H and O–H groups in total. The van der Waals surface area contributed by atoms with Gasteiger partial charge in [-0.3, -0.25) is 18.9 Å². The summed E-state index contributed by atoms with van der Waals surface area (Å²) in [5.41, 5.74) is 4.66. The number of nitrogens with two attached hydrogens (primary N) is 1. The minimum atomic E-state index is -4.45. The zero-order valence-corrected chi connectivity index (χ0v) is 28.7. The lowest BCUT2D eigenvalue weighted by Crippen LogP contribution is -2.45. The van der Waals surface area contributed by atoms with E-state index in [2.05, 4.69) is 25.0 Å². The maximum Gasteiger partial charge on any atom is 0.459 e. The largest absolute Gasteiger partial charge is 0.479 e. The van der Waals surface area contributed by atoms with Crippen molar-refractivity contribution in [2.45, 2.75) is 71.6 Å². The number of nitrogens with zero attached hydrogens (tertiary/aromatic N) is 5. The zero-order valence-electron chi connectivity index (χ0n) is 27.9. The summed E-state index contributed by atoms with van der Waals surface area (Å²) in [6.07, 6.45) is -1.06. The van der Waals surface area contributed by atoms with Gasteiger partial charge in [-0.1, -0.05) is 40.7 Å². The molecule has 48 heavy (non-hydrogen) atoms. The molecule has 6 unspecified atom stereocenters. The molecule has 6 atom stereocenters. The van der Waals surface area contributed by atoms with Crippen molar-refractivity contribution in [1.29, 1.82) is 0 Å². The Balaban J connectivity index is 1.44. The van der Waals surface area contributed by atoms with Crippen molar-refractivity contribution in [2.75, 3.05) is 26.1 Å². The van der Waals surface area contributed by atoms with Crippen LogP contribution < -0.4 is 20.1 Å². The Morgan fingerprint density at radius 3 is 2.65 bits per heavy atom. The van der Waals surface area contributed by atoms with E-state index in [-0.39, 0.29) is 40.8 Å². The van der Waals surface area contributed by atoms with Gasteiger partial charge < -0.3 is 34.7 Å². The Morgan fingerprint density at radius 2 is 1.96 bits per heavy atom. The number of carbonyl (C=O) groups is 1. The second kappa shape index (κ2) is 13.5. The third kappa shape index (κ3) is 7.38. The Kier molecular flexibility index (Phi) is 9.98. The Morgan fingerprint density at radius 1 is 1.21 bits per heavy atom. The van der Waals surface area contributed by atoms with Crippen LogP contribution in [0.1, 0.15) is 47.8 Å². The van der Waals surface area contributed by atoms with Gasteiger partial charge in [-0.25, -0.2) is 9.55 Å². The predicted octanol–water partition coefficient (Wildman–Crippen LogP) is 3.38. The van der Waals surface area contributed by atoms with Gasteiger partial charge in [0, 0.05) is 11.6 Å². The fourth-order valence-electron chi connectivity index (χ4n) is 5.17. The second-order valence-corrected chi connectivity index (χ2v) is 15.0. The SMILES string of the molecule is COc1nc(N)nc2c1ncn2C1OC(COP(=O)(NC(C(=O)OCC(C)(C)C)C(C)C)Oc2cccc3ncccc23)C(O)C1(C)O. The number of methoxy groups -OCH3 is 1. The number of rotatable bonds is 12. The number of ether oxygens (including phenoxy) is 3. The van der Waals surface area contributed by atoms with Crippen molar-refractivity contribution in [3.8, 4) is 11.6 Å². The summed E-state index contributed by atoms with van der Waals surface area (Å²) < 4.78 is 44.9. The highest BCUT2D eigenvalue weighted by Gasteiger charge is 2.54. The van der Waals surface area contributed by atoms with Gasteiger partial charge >= 0.3 is 13.7 Å². The lowest BCUT2D eigenvalue weighted by molar-refractivity contribution is -0.149. The van der Waals surface area contributed by atoms with Crippen molar-refractivity contribution in [3.63, 3.8) is 0 Å². The molecule has 0 saturated carbocycles. The van der Waals surface area contributed by atoms with E-state index in [1.54, 1.807) is 50.4 Å². The fraction of sp³-hybridized carbons (Fsp3) is 0.516. The van der Waals surface area contributed by atoms with Gasteiger partial charge in [0.25, 0.3) is 0 Å². The van der Waals surface area contributed by atoms with Gasteiger partial charge in [-0.15, -0.1) is 0 Å². The average molecular weight is 688 g/mol. The van der Waals surface area contributed by atoms with Crippen LogP contribution in [0.3, 0.4) is 0 Å². The summed E-state index contributed by atoms with van der Waals surface area (Å²) in [6, 6.07) is 7.38. The number of anilines is 1. The summed E-state index contributed by atoms with van der Waals surface area (Å²) in [6.45, 7) is 10.2. The lowest BCUT2D eigenvalue weighted by atomic mass is 9.96. The number of pyridine rings is 1. The monoisotopic (exact) mass is 687 g/mol. The van der Waals surface area contributed by atoms with Gasteiger partial charge in [0.1, 0.15) is 29.6 Å². The molecule has 260 valence electrons. The molecule has 0 amide bonds. The number of fused-ring (bicyclic) bond motifs is 2. The third-order valence-electron chi connectivity index (χ3n) is 7.71. The molecule has 0 aliphatic carbocycles. The number of hydrogen-bond donors (Lipinski definition) is 4. The van der Waals surface area contributed by atoms with E-state index in [1.165, 1.54) is 24.9 Å². The van der Waals surface area contributed by atoms with Crippen LogP contribution >= 0.6 is 7.75 Å². The number of carbonyl (C=O) groups excluding carboxylic acids is 1. The molecular weight excluding hydrogens is 645 g/mol. The number of aliphatic hydroxyl groups excluding tert-OH is 1. The van der Waals surface area contributed by atoms with Crippen LogP contribution in [0.25, 0.3) is 22.1 Å². The van der Waals surface area contributed by atoms with E-state index in [4.69, 9.17) is 29.0 Å². The Hall–Kier alpha value is -3.92. The smallest absolute Gasteiger partial charge is 0.459 e. The molecule has 16 nitrogen and oxygen atoms in total. The molecule has 0 radical (unpaired) electrons. The zero-order chi connectivity index (χ0) is 35.0. The molecular formula is C31H42N7O9P. The molecule has 1 aliphatic heterocycles. The highest BCUT2D eigenvalue weighted by atomic mass is 31.2. The molecule has 0 bridgehead atoms. The van der Waals surface area contributed by atoms with Gasteiger partial charge in [0.15, 0.2) is 17.4 Å². The summed E-state index contributed by atoms with van der Waals surface area (Å²) in [5.74, 6) is -0.853. The van der Waals surface area contributed by atoms with E-state index in [1.807, 2.05) is 20.8 Å². The third-order valence-corrected chi connectivity index (χ3v) is 9.23. The molecule has 17 heteroatoms. The number of nitrogen functional groups attached to an aromatic ring is 1. The minimum Gasteiger partial charge on any atom is -0.479 e. The number of benzene rings is 1. The van der Waals surface area contributed by atoms with Crippen LogP contribution in [0, 0.1) is 11.3 Å². The first-order valence-corrected chi connectivity index (χ1v) is 16.9. The first-order chi connectivity index (χ1) is 22.5. The van der Waals surface area contributed by atoms with Crippen LogP contribution in [0.4, 0.5) is 5.95 Å². The van der Waals surface area contributed by atoms with Crippen LogP contribution in [-0.4, -0.2) is 84.9 Å². The van der Waals surface area contributed by atoms with E-state index in [9.17, 15) is 19.6 Å². The molecule has 4 heterocycles. The highest BCUT2D eigenvalue weighted by Crippen LogP contribution is 2.49. The summed E-state index contributed by atoms with van der Waals surface area (Å²) in [5, 5.41) is 26.0. The molecule has 0 spiro atoms. The molecule has 1 saturated heterocycles. The van der Waals surface area contributed by atoms with Crippen LogP contribution in [-0.2, 0) is 23.4 Å². The summed E-state index contributed by atoms with van der Waals surface area (Å²) in [4.78, 5) is 30.1. The number of aromatic nitrogens is 5. The highest BCUT2D eigenvalue weighted by molar-refractivity contribution is 7.52. The van der Waals surface area contributed by atoms with Crippen molar-refractivity contribution < 1.29 is 42.8 Å². The number of hydrogen-bond acceptors (Lipinski definition) is 14. The van der Waals surface area contributed by atoms with E-state index >= 15 is 0 Å². The number of esters is 1. The van der Waals surface area contributed by atoms with E-state index < -0.39 is 56.3 Å². The quantitative estimate of drug-likeness (QED) is 0.124. The van der Waals surface area contributed by atoms with Crippen LogP contribution in [0.5, 0.6) is 11.6 Å². The Labute approximate surface area is 277 Å². The number of nitrogens with one attached hydrogen (secondary N) is 1. The maximum absolute atomic E-state index is 14.6. The van der Waals surface area contributed by atoms with Crippen LogP contribution in [0.2, 0.25) is 0 Å². The van der Waals surface area contributed by atoms with Crippen molar-refractivity contribution in [3.05, 3.63) is 42.9 Å². The molecule has 5 rings (SSSR count). The fourth-order valence-corrected chi connectivity index (χ4v) is 6.85. The second-order valence-electron chi connectivity index (χ2n) is 13.3. The molecule has 4 aromatic rings. The van der Waals surface area contributed by atoms with Gasteiger partial charge in [0.2, 0.25) is 11.8 Å². The normalized spacial score (nSPS) is 23.3. The van der Waals surface area contributed by atoms with E-state index in [0.717, 1.165) is 0 Å². The predicted molar refractivity (Wildman–Crippen MR) is 175 cm³/mol. The van der Waals surface area contributed by atoms with Gasteiger partial charge in [-0.05, 0) is 42.5 Å². The molecule has 1 aliphatic rings. The number of imidazole rings is 1. The van der Waals surface area contributed by atoms with Gasteiger partial charge in [-0.2, -0.15) is 15.1 Å². The number of aliphatic hydroxyl groups is 2. The van der Waals surface area contributed by atoms with E-state index in [0.29, 0.717) is 10.9 Å². The van der Waals surface area contributed by atoms with Crippen LogP contribution in [0.15, 0.2) is 42.9 Å². The first-order valence-electron chi connectivity index (χ1n) is 15.4. The summed E-state index contributed by atoms with van der Waals surface area (Å²) in [7, 11) is -3.06. The Bertz CT molecular complexity index is 1820. The minimum absolute atomic E-state index is 0.104. The maximum atomic E-state index is 14.6. The molecule has 1 aromatic carbocycles. The first kappa shape index (κ1) is 35.4. The summed E-state index contributed by atoms with van der Waals surface area (Å²) >= 11 is 0. The lowest BCUT2D eigenvalue weighted by Gasteiger charge is -2.29. The average Bonchev–Trinajstić information content (AvgIpc) is 3.54. The van der Waals surface area contributed by atoms with Crippen molar-refractivity contribution >= 4 is 41.7 Å². The molecule has 1 fully saturated rings. The topological polar surface area (TPSA) is 215 Å². The van der Waals surface area contributed by atoms with Gasteiger partial charge in [0.05, 0.1) is 32.2 Å². The van der Waals surface area contributed by atoms with Crippen molar-refractivity contribution in [2.24, 2.45) is 11.3 Å². The molecule has 3 aromatic heterocycles.